The van der Waals surface area contributed by atoms with Gasteiger partial charge in [0.15, 0.2) is 0 Å². The summed E-state index contributed by atoms with van der Waals surface area (Å²) >= 11 is 0. The maximum atomic E-state index is 11.3. The zero-order chi connectivity index (χ0) is 10.6. The standard InChI is InChI=1S/C11H14O3/c1-8(2)11(13)14-10-6-4-3-5-9(10)7-12/h3-6,8,12H,7H2,1-2H3. The third-order valence-electron chi connectivity index (χ3n) is 1.82. The monoisotopic (exact) mass is 194 g/mol. The quantitative estimate of drug-likeness (QED) is 0.589. The number of carbonyl (C=O) groups is 1. The summed E-state index contributed by atoms with van der Waals surface area (Å²) in [5.74, 6) is -0.0126. The highest BCUT2D eigenvalue weighted by Gasteiger charge is 2.11. The molecule has 0 fully saturated rings. The Bertz CT molecular complexity index is 318. The first-order chi connectivity index (χ1) is 6.65. The second-order valence-electron chi connectivity index (χ2n) is 3.34. The molecule has 0 amide bonds. The molecule has 0 saturated carbocycles. The molecule has 0 heterocycles. The van der Waals surface area contributed by atoms with Crippen LogP contribution in [-0.4, -0.2) is 11.1 Å². The van der Waals surface area contributed by atoms with Gasteiger partial charge in [-0.05, 0) is 6.07 Å². The predicted octanol–water partition coefficient (Wildman–Crippen LogP) is 1.74. The van der Waals surface area contributed by atoms with Gasteiger partial charge < -0.3 is 9.84 Å². The molecule has 0 spiro atoms. The number of benzene rings is 1. The fourth-order valence-electron chi connectivity index (χ4n) is 0.960. The Morgan fingerprint density at radius 1 is 1.43 bits per heavy atom. The van der Waals surface area contributed by atoms with Crippen molar-refractivity contribution >= 4 is 5.97 Å². The van der Waals surface area contributed by atoms with E-state index in [9.17, 15) is 4.79 Å². The minimum atomic E-state index is -0.286. The van der Waals surface area contributed by atoms with Crippen LogP contribution >= 0.6 is 0 Å². The molecule has 1 aromatic carbocycles. The Morgan fingerprint density at radius 3 is 2.64 bits per heavy atom. The number of aliphatic hydroxyl groups excluding tert-OH is 1. The van der Waals surface area contributed by atoms with Crippen LogP contribution in [0.3, 0.4) is 0 Å². The van der Waals surface area contributed by atoms with Gasteiger partial charge in [0.2, 0.25) is 0 Å². The van der Waals surface area contributed by atoms with E-state index in [0.29, 0.717) is 11.3 Å². The van der Waals surface area contributed by atoms with Gasteiger partial charge in [0.05, 0.1) is 12.5 Å². The molecule has 3 heteroatoms. The van der Waals surface area contributed by atoms with Crippen LogP contribution in [0.1, 0.15) is 19.4 Å². The molecule has 76 valence electrons. The molecule has 0 unspecified atom stereocenters. The second kappa shape index (κ2) is 4.77. The maximum Gasteiger partial charge on any atom is 0.313 e. The van der Waals surface area contributed by atoms with Gasteiger partial charge >= 0.3 is 5.97 Å². The summed E-state index contributed by atoms with van der Waals surface area (Å²) in [5, 5.41) is 8.98. The highest BCUT2D eigenvalue weighted by molar-refractivity contribution is 5.74. The Labute approximate surface area is 83.3 Å². The van der Waals surface area contributed by atoms with Gasteiger partial charge in [0.1, 0.15) is 5.75 Å². The normalized spacial score (nSPS) is 10.3. The van der Waals surface area contributed by atoms with Crippen LogP contribution in [0.15, 0.2) is 24.3 Å². The number of ether oxygens (including phenoxy) is 1. The summed E-state index contributed by atoms with van der Waals surface area (Å²) in [4.78, 5) is 11.3. The van der Waals surface area contributed by atoms with Crippen LogP contribution in [-0.2, 0) is 11.4 Å². The molecular formula is C11H14O3. The lowest BCUT2D eigenvalue weighted by Gasteiger charge is -2.09. The van der Waals surface area contributed by atoms with E-state index in [2.05, 4.69) is 0 Å². The van der Waals surface area contributed by atoms with Crippen LogP contribution < -0.4 is 4.74 Å². The van der Waals surface area contributed by atoms with Crippen molar-refractivity contribution in [3.05, 3.63) is 29.8 Å². The molecule has 1 aromatic rings. The summed E-state index contributed by atoms with van der Waals surface area (Å²) in [5.41, 5.74) is 0.626. The number of hydrogen-bond acceptors (Lipinski definition) is 3. The molecule has 0 aliphatic heterocycles. The summed E-state index contributed by atoms with van der Waals surface area (Å²) in [6.45, 7) is 3.41. The zero-order valence-electron chi connectivity index (χ0n) is 8.36. The van der Waals surface area contributed by atoms with E-state index in [1.807, 2.05) is 0 Å². The molecule has 14 heavy (non-hydrogen) atoms. The fraction of sp³-hybridized carbons (Fsp3) is 0.364. The lowest BCUT2D eigenvalue weighted by molar-refractivity contribution is -0.137. The summed E-state index contributed by atoms with van der Waals surface area (Å²) in [7, 11) is 0. The SMILES string of the molecule is CC(C)C(=O)Oc1ccccc1CO. The number of hydrogen-bond donors (Lipinski definition) is 1. The molecule has 0 atom stereocenters. The average molecular weight is 194 g/mol. The van der Waals surface area contributed by atoms with Crippen LogP contribution in [0.25, 0.3) is 0 Å². The maximum absolute atomic E-state index is 11.3. The Morgan fingerprint density at radius 2 is 2.07 bits per heavy atom. The van der Waals surface area contributed by atoms with E-state index in [-0.39, 0.29) is 18.5 Å². The largest absolute Gasteiger partial charge is 0.426 e. The molecule has 0 saturated heterocycles. The molecular weight excluding hydrogens is 180 g/mol. The van der Waals surface area contributed by atoms with Crippen molar-refractivity contribution in [2.45, 2.75) is 20.5 Å². The van der Waals surface area contributed by atoms with Gasteiger partial charge in [-0.25, -0.2) is 0 Å². The van der Waals surface area contributed by atoms with Crippen molar-refractivity contribution in [3.63, 3.8) is 0 Å². The van der Waals surface area contributed by atoms with Crippen molar-refractivity contribution in [3.8, 4) is 5.75 Å². The van der Waals surface area contributed by atoms with E-state index in [1.165, 1.54) is 0 Å². The van der Waals surface area contributed by atoms with Crippen LogP contribution in [0.4, 0.5) is 0 Å². The molecule has 0 radical (unpaired) electrons. The van der Waals surface area contributed by atoms with Crippen molar-refractivity contribution < 1.29 is 14.6 Å². The van der Waals surface area contributed by atoms with E-state index >= 15 is 0 Å². The predicted molar refractivity (Wildman–Crippen MR) is 52.8 cm³/mol. The van der Waals surface area contributed by atoms with Gasteiger partial charge in [-0.15, -0.1) is 0 Å². The first kappa shape index (κ1) is 10.7. The number of rotatable bonds is 3. The first-order valence-electron chi connectivity index (χ1n) is 4.55. The third-order valence-corrected chi connectivity index (χ3v) is 1.82. The third kappa shape index (κ3) is 2.57. The topological polar surface area (TPSA) is 46.5 Å². The lowest BCUT2D eigenvalue weighted by atomic mass is 10.2. The number of carbonyl (C=O) groups excluding carboxylic acids is 1. The first-order valence-corrected chi connectivity index (χ1v) is 4.55. The van der Waals surface area contributed by atoms with Gasteiger partial charge in [0.25, 0.3) is 0 Å². The van der Waals surface area contributed by atoms with Gasteiger partial charge in [0, 0.05) is 5.56 Å². The van der Waals surface area contributed by atoms with Gasteiger partial charge in [-0.1, -0.05) is 32.0 Å². The highest BCUT2D eigenvalue weighted by Crippen LogP contribution is 2.18. The summed E-state index contributed by atoms with van der Waals surface area (Å²) in [6, 6.07) is 6.95. The highest BCUT2D eigenvalue weighted by atomic mass is 16.5. The molecule has 0 bridgehead atoms. The van der Waals surface area contributed by atoms with Crippen molar-refractivity contribution in [1.29, 1.82) is 0 Å². The van der Waals surface area contributed by atoms with E-state index in [0.717, 1.165) is 0 Å². The van der Waals surface area contributed by atoms with E-state index in [1.54, 1.807) is 38.1 Å². The molecule has 1 rings (SSSR count). The Hall–Kier alpha value is -1.35. The van der Waals surface area contributed by atoms with Crippen molar-refractivity contribution in [1.82, 2.24) is 0 Å². The van der Waals surface area contributed by atoms with Crippen LogP contribution in [0.5, 0.6) is 5.75 Å². The average Bonchev–Trinajstić information content (AvgIpc) is 2.18. The molecule has 0 aromatic heterocycles. The Balaban J connectivity index is 2.80. The van der Waals surface area contributed by atoms with Crippen molar-refractivity contribution in [2.24, 2.45) is 5.92 Å². The van der Waals surface area contributed by atoms with Crippen molar-refractivity contribution in [2.75, 3.05) is 0 Å². The molecule has 0 aliphatic rings. The van der Waals surface area contributed by atoms with E-state index < -0.39 is 0 Å². The number of esters is 1. The van der Waals surface area contributed by atoms with Crippen LogP contribution in [0.2, 0.25) is 0 Å². The molecule has 1 N–H and O–H groups in total. The second-order valence-corrected chi connectivity index (χ2v) is 3.34. The summed E-state index contributed by atoms with van der Waals surface area (Å²) in [6.07, 6.45) is 0. The molecule has 3 nitrogen and oxygen atoms in total. The lowest BCUT2D eigenvalue weighted by Crippen LogP contribution is -2.15. The number of para-hydroxylation sites is 1. The van der Waals surface area contributed by atoms with Gasteiger partial charge in [-0.2, -0.15) is 0 Å². The number of aliphatic hydroxyl groups is 1. The van der Waals surface area contributed by atoms with Gasteiger partial charge in [-0.3, -0.25) is 4.79 Å². The Kier molecular flexibility index (Phi) is 3.65. The molecule has 0 aliphatic carbocycles. The van der Waals surface area contributed by atoms with E-state index in [4.69, 9.17) is 9.84 Å². The zero-order valence-corrected chi connectivity index (χ0v) is 8.36. The fourth-order valence-corrected chi connectivity index (χ4v) is 0.960. The minimum absolute atomic E-state index is 0.123. The minimum Gasteiger partial charge on any atom is -0.426 e. The summed E-state index contributed by atoms with van der Waals surface area (Å²) < 4.78 is 5.10. The smallest absolute Gasteiger partial charge is 0.313 e. The van der Waals surface area contributed by atoms with Crippen LogP contribution in [0, 0.1) is 5.92 Å².